The Balaban J connectivity index is 2.91. The summed E-state index contributed by atoms with van der Waals surface area (Å²) in [4.78, 5) is 25.1. The van der Waals surface area contributed by atoms with Gasteiger partial charge in [-0.2, -0.15) is 0 Å². The van der Waals surface area contributed by atoms with Crippen molar-refractivity contribution >= 4 is 17.5 Å². The van der Waals surface area contributed by atoms with Crippen molar-refractivity contribution in [3.05, 3.63) is 24.0 Å². The number of carbonyl (C=O) groups excluding carboxylic acids is 2. The summed E-state index contributed by atoms with van der Waals surface area (Å²) >= 11 is 0. The molecule has 1 rings (SSSR count). The van der Waals surface area contributed by atoms with Gasteiger partial charge in [-0.3, -0.25) is 14.6 Å². The molecule has 0 fully saturated rings. The molecule has 0 saturated heterocycles. The van der Waals surface area contributed by atoms with E-state index in [1.807, 2.05) is 0 Å². The summed E-state index contributed by atoms with van der Waals surface area (Å²) in [5.74, 6) is -0.825. The summed E-state index contributed by atoms with van der Waals surface area (Å²) in [6.45, 7) is 1.38. The molecule has 13 heavy (non-hydrogen) atoms. The lowest BCUT2D eigenvalue weighted by atomic mass is 10.3. The second-order valence-electron chi connectivity index (χ2n) is 2.48. The van der Waals surface area contributed by atoms with E-state index in [9.17, 15) is 9.59 Å². The van der Waals surface area contributed by atoms with E-state index in [0.29, 0.717) is 5.69 Å². The van der Waals surface area contributed by atoms with E-state index in [4.69, 9.17) is 5.73 Å². The Hall–Kier alpha value is -1.91. The van der Waals surface area contributed by atoms with Gasteiger partial charge in [-0.15, -0.1) is 0 Å². The number of hydrogen-bond donors (Lipinski definition) is 2. The highest BCUT2D eigenvalue weighted by molar-refractivity contribution is 5.94. The number of amides is 2. The van der Waals surface area contributed by atoms with Crippen molar-refractivity contribution in [1.29, 1.82) is 0 Å². The van der Waals surface area contributed by atoms with Crippen molar-refractivity contribution in [3.8, 4) is 0 Å². The first-order chi connectivity index (χ1) is 6.09. The van der Waals surface area contributed by atoms with Crippen molar-refractivity contribution in [2.45, 2.75) is 6.92 Å². The van der Waals surface area contributed by atoms with E-state index >= 15 is 0 Å². The van der Waals surface area contributed by atoms with Crippen molar-refractivity contribution < 1.29 is 9.59 Å². The summed E-state index contributed by atoms with van der Waals surface area (Å²) in [6, 6.07) is 3.00. The van der Waals surface area contributed by atoms with Gasteiger partial charge in [0.15, 0.2) is 0 Å². The summed E-state index contributed by atoms with van der Waals surface area (Å²) in [5.41, 5.74) is 5.64. The van der Waals surface area contributed by atoms with Crippen molar-refractivity contribution in [2.24, 2.45) is 5.73 Å². The van der Waals surface area contributed by atoms with Crippen LogP contribution in [0.1, 0.15) is 17.4 Å². The number of rotatable bonds is 2. The predicted octanol–water partition coefficient (Wildman–Crippen LogP) is 0.139. The molecule has 0 radical (unpaired) electrons. The molecule has 5 nitrogen and oxygen atoms in total. The molecule has 1 aromatic heterocycles. The molecule has 1 aromatic rings. The van der Waals surface area contributed by atoms with Gasteiger partial charge >= 0.3 is 0 Å². The normalized spacial score (nSPS) is 9.31. The lowest BCUT2D eigenvalue weighted by molar-refractivity contribution is -0.114. The van der Waals surface area contributed by atoms with Gasteiger partial charge < -0.3 is 11.1 Å². The summed E-state index contributed by atoms with van der Waals surface area (Å²) in [6.07, 6.45) is 1.41. The Kier molecular flexibility index (Phi) is 2.59. The zero-order valence-corrected chi connectivity index (χ0v) is 7.07. The molecular formula is C8H9N3O2. The van der Waals surface area contributed by atoms with Crippen LogP contribution in [0.2, 0.25) is 0 Å². The van der Waals surface area contributed by atoms with E-state index in [-0.39, 0.29) is 11.6 Å². The smallest absolute Gasteiger partial charge is 0.267 e. The van der Waals surface area contributed by atoms with Gasteiger partial charge in [-0.1, -0.05) is 0 Å². The van der Waals surface area contributed by atoms with Crippen LogP contribution in [0.25, 0.3) is 0 Å². The standard InChI is InChI=1S/C8H9N3O2/c1-5(12)11-6-2-3-10-7(4-6)8(9)13/h2-4H,1H3,(H2,9,13)(H,10,11,12). The molecule has 2 amide bonds. The topological polar surface area (TPSA) is 85.1 Å². The number of aromatic nitrogens is 1. The molecule has 0 unspecified atom stereocenters. The van der Waals surface area contributed by atoms with E-state index in [1.54, 1.807) is 6.07 Å². The molecule has 0 aliphatic rings. The van der Waals surface area contributed by atoms with Crippen molar-refractivity contribution in [3.63, 3.8) is 0 Å². The SMILES string of the molecule is CC(=O)Nc1ccnc(C(N)=O)c1. The fraction of sp³-hybridized carbons (Fsp3) is 0.125. The first-order valence-electron chi connectivity index (χ1n) is 3.63. The van der Waals surface area contributed by atoms with Crippen molar-refractivity contribution in [2.75, 3.05) is 5.32 Å². The van der Waals surface area contributed by atoms with Crippen LogP contribution < -0.4 is 11.1 Å². The molecule has 0 saturated carbocycles. The van der Waals surface area contributed by atoms with Crippen LogP contribution in [0.15, 0.2) is 18.3 Å². The minimum absolute atomic E-state index is 0.131. The number of nitrogens with zero attached hydrogens (tertiary/aromatic N) is 1. The largest absolute Gasteiger partial charge is 0.364 e. The lowest BCUT2D eigenvalue weighted by Gasteiger charge is -2.01. The third kappa shape index (κ3) is 2.55. The zero-order chi connectivity index (χ0) is 9.84. The Morgan fingerprint density at radius 2 is 2.23 bits per heavy atom. The second kappa shape index (κ2) is 3.66. The maximum Gasteiger partial charge on any atom is 0.267 e. The molecule has 5 heteroatoms. The molecular weight excluding hydrogens is 170 g/mol. The van der Waals surface area contributed by atoms with Crippen LogP contribution in [0.4, 0.5) is 5.69 Å². The number of nitrogens with two attached hydrogens (primary N) is 1. The third-order valence-electron chi connectivity index (χ3n) is 1.33. The fourth-order valence-electron chi connectivity index (χ4n) is 0.846. The van der Waals surface area contributed by atoms with Gasteiger partial charge in [0, 0.05) is 18.8 Å². The van der Waals surface area contributed by atoms with E-state index < -0.39 is 5.91 Å². The molecule has 0 atom stereocenters. The molecule has 0 bridgehead atoms. The van der Waals surface area contributed by atoms with Crippen LogP contribution in [0.5, 0.6) is 0 Å². The van der Waals surface area contributed by atoms with Gasteiger partial charge in [0.25, 0.3) is 5.91 Å². The average molecular weight is 179 g/mol. The van der Waals surface area contributed by atoms with E-state index in [1.165, 1.54) is 19.2 Å². The van der Waals surface area contributed by atoms with Crippen LogP contribution in [-0.2, 0) is 4.79 Å². The third-order valence-corrected chi connectivity index (χ3v) is 1.33. The number of pyridine rings is 1. The molecule has 0 aliphatic heterocycles. The average Bonchev–Trinajstić information content (AvgIpc) is 2.03. The molecule has 0 aromatic carbocycles. The maximum atomic E-state index is 10.7. The molecule has 1 heterocycles. The highest BCUT2D eigenvalue weighted by Crippen LogP contribution is 2.06. The lowest BCUT2D eigenvalue weighted by Crippen LogP contribution is -2.14. The van der Waals surface area contributed by atoms with Gasteiger partial charge in [0.2, 0.25) is 5.91 Å². The first kappa shape index (κ1) is 9.18. The van der Waals surface area contributed by atoms with Crippen molar-refractivity contribution in [1.82, 2.24) is 4.98 Å². The Morgan fingerprint density at radius 1 is 1.54 bits per heavy atom. The van der Waals surface area contributed by atoms with Gasteiger partial charge in [0.1, 0.15) is 5.69 Å². The van der Waals surface area contributed by atoms with Crippen LogP contribution in [0.3, 0.4) is 0 Å². The number of anilines is 1. The van der Waals surface area contributed by atoms with E-state index in [0.717, 1.165) is 0 Å². The number of hydrogen-bond acceptors (Lipinski definition) is 3. The second-order valence-corrected chi connectivity index (χ2v) is 2.48. The van der Waals surface area contributed by atoms with E-state index in [2.05, 4.69) is 10.3 Å². The zero-order valence-electron chi connectivity index (χ0n) is 7.07. The highest BCUT2D eigenvalue weighted by Gasteiger charge is 2.02. The Bertz CT molecular complexity index is 349. The minimum atomic E-state index is -0.618. The molecule has 0 spiro atoms. The quantitative estimate of drug-likeness (QED) is 0.677. The van der Waals surface area contributed by atoms with Gasteiger partial charge in [-0.05, 0) is 12.1 Å². The number of carbonyl (C=O) groups is 2. The molecule has 68 valence electrons. The summed E-state index contributed by atoms with van der Waals surface area (Å²) in [5, 5.41) is 2.51. The Labute approximate surface area is 75.0 Å². The van der Waals surface area contributed by atoms with Crippen LogP contribution in [-0.4, -0.2) is 16.8 Å². The minimum Gasteiger partial charge on any atom is -0.364 e. The maximum absolute atomic E-state index is 10.7. The summed E-state index contributed by atoms with van der Waals surface area (Å²) < 4.78 is 0. The van der Waals surface area contributed by atoms with Crippen LogP contribution >= 0.6 is 0 Å². The molecule has 0 aliphatic carbocycles. The number of primary amides is 1. The monoisotopic (exact) mass is 179 g/mol. The van der Waals surface area contributed by atoms with Gasteiger partial charge in [-0.25, -0.2) is 0 Å². The fourth-order valence-corrected chi connectivity index (χ4v) is 0.846. The molecule has 3 N–H and O–H groups in total. The van der Waals surface area contributed by atoms with Gasteiger partial charge in [0.05, 0.1) is 0 Å². The number of nitrogens with one attached hydrogen (secondary N) is 1. The van der Waals surface area contributed by atoms with Crippen LogP contribution in [0, 0.1) is 0 Å². The Morgan fingerprint density at radius 3 is 2.77 bits per heavy atom. The summed E-state index contributed by atoms with van der Waals surface area (Å²) in [7, 11) is 0. The predicted molar refractivity (Wildman–Crippen MR) is 47.1 cm³/mol. The highest BCUT2D eigenvalue weighted by atomic mass is 16.1. The first-order valence-corrected chi connectivity index (χ1v) is 3.63.